The fourth-order valence-electron chi connectivity index (χ4n) is 2.12. The van der Waals surface area contributed by atoms with Crippen LogP contribution in [0.2, 0.25) is 0 Å². The van der Waals surface area contributed by atoms with E-state index >= 15 is 0 Å². The lowest BCUT2D eigenvalue weighted by Gasteiger charge is -2.13. The monoisotopic (exact) mass is 308 g/mol. The van der Waals surface area contributed by atoms with Crippen molar-refractivity contribution in [3.63, 3.8) is 0 Å². The van der Waals surface area contributed by atoms with Gasteiger partial charge in [-0.25, -0.2) is 9.78 Å². The Morgan fingerprint density at radius 2 is 2.24 bits per heavy atom. The largest absolute Gasteiger partial charge is 0.465 e. The maximum Gasteiger partial charge on any atom is 0.341 e. The summed E-state index contributed by atoms with van der Waals surface area (Å²) in [5.74, 6) is 0.978. The Balaban J connectivity index is 1.99. The highest BCUT2D eigenvalue weighted by atomic mass is 32.1. The zero-order valence-corrected chi connectivity index (χ0v) is 13.6. The minimum Gasteiger partial charge on any atom is -0.465 e. The molecule has 6 heteroatoms. The summed E-state index contributed by atoms with van der Waals surface area (Å²) in [6.45, 7) is 5.25. The van der Waals surface area contributed by atoms with Gasteiger partial charge >= 0.3 is 5.97 Å². The van der Waals surface area contributed by atoms with Crippen molar-refractivity contribution in [2.45, 2.75) is 33.4 Å². The molecule has 114 valence electrons. The first-order chi connectivity index (χ1) is 10.0. The molecule has 0 amide bonds. The van der Waals surface area contributed by atoms with Gasteiger partial charge in [0, 0.05) is 11.9 Å². The Bertz CT molecular complexity index is 618. The van der Waals surface area contributed by atoms with E-state index in [4.69, 9.17) is 9.15 Å². The molecule has 0 aliphatic rings. The molecule has 0 spiro atoms. The zero-order valence-electron chi connectivity index (χ0n) is 12.8. The third-order valence-electron chi connectivity index (χ3n) is 3.13. The standard InChI is InChI=1S/C15H20N2O3S/c1-5-14-16-11(9-21-14)7-17(3)8-12-6-13(10(2)20-12)15(18)19-4/h6,9H,5,7-8H2,1-4H3. The average molecular weight is 308 g/mol. The highest BCUT2D eigenvalue weighted by Crippen LogP contribution is 2.18. The van der Waals surface area contributed by atoms with Crippen molar-refractivity contribution in [1.29, 1.82) is 0 Å². The molecule has 0 saturated carbocycles. The first-order valence-electron chi connectivity index (χ1n) is 6.83. The number of esters is 1. The second kappa shape index (κ2) is 6.87. The van der Waals surface area contributed by atoms with Crippen molar-refractivity contribution in [2.24, 2.45) is 0 Å². The first-order valence-corrected chi connectivity index (χ1v) is 7.70. The predicted molar refractivity (Wildman–Crippen MR) is 81.4 cm³/mol. The fraction of sp³-hybridized carbons (Fsp3) is 0.467. The molecule has 0 aromatic carbocycles. The van der Waals surface area contributed by atoms with Crippen molar-refractivity contribution < 1.29 is 13.9 Å². The number of hydrogen-bond acceptors (Lipinski definition) is 6. The lowest BCUT2D eigenvalue weighted by Crippen LogP contribution is -2.17. The molecule has 0 fully saturated rings. The van der Waals surface area contributed by atoms with Crippen LogP contribution in [0, 0.1) is 6.92 Å². The summed E-state index contributed by atoms with van der Waals surface area (Å²) in [7, 11) is 3.37. The minimum atomic E-state index is -0.364. The van der Waals surface area contributed by atoms with E-state index in [1.165, 1.54) is 7.11 Å². The fourth-order valence-corrected chi connectivity index (χ4v) is 2.85. The number of nitrogens with zero attached hydrogens (tertiary/aromatic N) is 2. The van der Waals surface area contributed by atoms with E-state index < -0.39 is 0 Å². The van der Waals surface area contributed by atoms with Gasteiger partial charge in [-0.05, 0) is 26.5 Å². The Labute approximate surface area is 128 Å². The van der Waals surface area contributed by atoms with Crippen LogP contribution < -0.4 is 0 Å². The SMILES string of the molecule is CCc1nc(CN(C)Cc2cc(C(=O)OC)c(C)o2)cs1. The molecule has 0 unspecified atom stereocenters. The third-order valence-corrected chi connectivity index (χ3v) is 4.18. The Kier molecular flexibility index (Phi) is 5.14. The summed E-state index contributed by atoms with van der Waals surface area (Å²) in [5, 5.41) is 3.24. The summed E-state index contributed by atoms with van der Waals surface area (Å²) in [6.07, 6.45) is 0.967. The predicted octanol–water partition coefficient (Wildman–Crippen LogP) is 3.03. The second-order valence-electron chi connectivity index (χ2n) is 4.93. The number of carbonyl (C=O) groups excluding carboxylic acids is 1. The van der Waals surface area contributed by atoms with E-state index in [2.05, 4.69) is 22.2 Å². The van der Waals surface area contributed by atoms with E-state index in [-0.39, 0.29) is 5.97 Å². The van der Waals surface area contributed by atoms with Gasteiger partial charge in [-0.3, -0.25) is 4.90 Å². The molecule has 0 N–H and O–H groups in total. The van der Waals surface area contributed by atoms with Gasteiger partial charge < -0.3 is 9.15 Å². The summed E-state index contributed by atoms with van der Waals surface area (Å²) in [6, 6.07) is 1.75. The molecule has 0 radical (unpaired) electrons. The average Bonchev–Trinajstić information content (AvgIpc) is 3.04. The van der Waals surface area contributed by atoms with Crippen LogP contribution in [0.15, 0.2) is 15.9 Å². The molecule has 2 heterocycles. The first kappa shape index (κ1) is 15.7. The lowest BCUT2D eigenvalue weighted by atomic mass is 10.2. The second-order valence-corrected chi connectivity index (χ2v) is 5.88. The topological polar surface area (TPSA) is 55.6 Å². The van der Waals surface area contributed by atoms with Crippen LogP contribution in [0.1, 0.15) is 39.5 Å². The molecule has 0 saturated heterocycles. The Morgan fingerprint density at radius 3 is 2.86 bits per heavy atom. The molecule has 5 nitrogen and oxygen atoms in total. The van der Waals surface area contributed by atoms with Crippen LogP contribution in [-0.2, 0) is 24.2 Å². The summed E-state index contributed by atoms with van der Waals surface area (Å²) < 4.78 is 10.3. The maximum absolute atomic E-state index is 11.6. The molecule has 0 aliphatic carbocycles. The Morgan fingerprint density at radius 1 is 1.48 bits per heavy atom. The molecule has 2 rings (SSSR count). The van der Waals surface area contributed by atoms with Crippen molar-refractivity contribution in [3.8, 4) is 0 Å². The quantitative estimate of drug-likeness (QED) is 0.768. The van der Waals surface area contributed by atoms with Gasteiger partial charge in [0.1, 0.15) is 17.1 Å². The van der Waals surface area contributed by atoms with Crippen LogP contribution in [0.3, 0.4) is 0 Å². The van der Waals surface area contributed by atoms with Crippen LogP contribution in [0.5, 0.6) is 0 Å². The van der Waals surface area contributed by atoms with Gasteiger partial charge in [0.05, 0.1) is 24.4 Å². The van der Waals surface area contributed by atoms with E-state index in [1.54, 1.807) is 24.3 Å². The molecule has 2 aromatic heterocycles. The van der Waals surface area contributed by atoms with Crippen molar-refractivity contribution >= 4 is 17.3 Å². The van der Waals surface area contributed by atoms with Gasteiger partial charge in [-0.2, -0.15) is 0 Å². The van der Waals surface area contributed by atoms with Crippen molar-refractivity contribution in [1.82, 2.24) is 9.88 Å². The van der Waals surface area contributed by atoms with E-state index in [0.29, 0.717) is 17.9 Å². The van der Waals surface area contributed by atoms with E-state index in [0.717, 1.165) is 29.4 Å². The number of aromatic nitrogens is 1. The molecule has 21 heavy (non-hydrogen) atoms. The van der Waals surface area contributed by atoms with Gasteiger partial charge in [-0.15, -0.1) is 11.3 Å². The smallest absolute Gasteiger partial charge is 0.341 e. The van der Waals surface area contributed by atoms with Crippen LogP contribution in [0.4, 0.5) is 0 Å². The summed E-state index contributed by atoms with van der Waals surface area (Å²) in [4.78, 5) is 18.2. The van der Waals surface area contributed by atoms with Crippen molar-refractivity contribution in [2.75, 3.05) is 14.2 Å². The van der Waals surface area contributed by atoms with Crippen LogP contribution >= 0.6 is 11.3 Å². The van der Waals surface area contributed by atoms with Gasteiger partial charge in [0.25, 0.3) is 0 Å². The summed E-state index contributed by atoms with van der Waals surface area (Å²) in [5.41, 5.74) is 1.55. The number of thiazole rings is 1. The molecular formula is C15H20N2O3S. The molecule has 0 bridgehead atoms. The highest BCUT2D eigenvalue weighted by Gasteiger charge is 2.16. The van der Waals surface area contributed by atoms with Crippen molar-refractivity contribution in [3.05, 3.63) is 39.2 Å². The molecular weight excluding hydrogens is 288 g/mol. The zero-order chi connectivity index (χ0) is 15.4. The number of ether oxygens (including phenoxy) is 1. The normalized spacial score (nSPS) is 11.1. The number of rotatable bonds is 6. The molecule has 2 aromatic rings. The highest BCUT2D eigenvalue weighted by molar-refractivity contribution is 7.09. The minimum absolute atomic E-state index is 0.364. The number of hydrogen-bond donors (Lipinski definition) is 0. The number of carbonyl (C=O) groups is 1. The molecule has 0 atom stereocenters. The Hall–Kier alpha value is -1.66. The maximum atomic E-state index is 11.6. The number of aryl methyl sites for hydroxylation is 2. The number of methoxy groups -OCH3 is 1. The van der Waals surface area contributed by atoms with Gasteiger partial charge in [-0.1, -0.05) is 6.92 Å². The van der Waals surface area contributed by atoms with E-state index in [1.807, 2.05) is 7.05 Å². The molecule has 0 aliphatic heterocycles. The van der Waals surface area contributed by atoms with Crippen LogP contribution in [0.25, 0.3) is 0 Å². The van der Waals surface area contributed by atoms with Gasteiger partial charge in [0.15, 0.2) is 0 Å². The summed E-state index contributed by atoms with van der Waals surface area (Å²) >= 11 is 1.69. The number of furan rings is 1. The van der Waals surface area contributed by atoms with Crippen LogP contribution in [-0.4, -0.2) is 30.0 Å². The van der Waals surface area contributed by atoms with Gasteiger partial charge in [0.2, 0.25) is 0 Å². The van der Waals surface area contributed by atoms with E-state index in [9.17, 15) is 4.79 Å². The third kappa shape index (κ3) is 3.92. The lowest BCUT2D eigenvalue weighted by molar-refractivity contribution is 0.0599.